The molecule has 5 heteroatoms. The van der Waals surface area contributed by atoms with E-state index in [0.29, 0.717) is 6.54 Å². The van der Waals surface area contributed by atoms with Crippen LogP contribution in [-0.4, -0.2) is 15.3 Å². The lowest BCUT2D eigenvalue weighted by Gasteiger charge is -1.94. The Morgan fingerprint density at radius 3 is 2.86 bits per heavy atom. The highest BCUT2D eigenvalue weighted by Gasteiger charge is 2.05. The zero-order valence-corrected chi connectivity index (χ0v) is 8.16. The maximum absolute atomic E-state index is 9.27. The minimum absolute atomic E-state index is 0.229. The summed E-state index contributed by atoms with van der Waals surface area (Å²) in [5.41, 5.74) is 6.29. The van der Waals surface area contributed by atoms with Gasteiger partial charge in [0.2, 0.25) is 0 Å². The fourth-order valence-electron chi connectivity index (χ4n) is 1.09. The third-order valence-electron chi connectivity index (χ3n) is 1.73. The van der Waals surface area contributed by atoms with Crippen LogP contribution >= 0.6 is 11.3 Å². The van der Waals surface area contributed by atoms with Crippen molar-refractivity contribution < 1.29 is 5.11 Å². The number of phenolic OH excluding ortho intramolecular Hbond substituents is 1. The van der Waals surface area contributed by atoms with Gasteiger partial charge in [-0.1, -0.05) is 23.5 Å². The van der Waals surface area contributed by atoms with Crippen molar-refractivity contribution in [1.82, 2.24) is 10.2 Å². The molecule has 0 saturated heterocycles. The Labute approximate surface area is 85.0 Å². The fourth-order valence-corrected chi connectivity index (χ4v) is 1.81. The van der Waals surface area contributed by atoms with Crippen LogP contribution in [0.5, 0.6) is 5.75 Å². The molecule has 1 heterocycles. The van der Waals surface area contributed by atoms with Gasteiger partial charge in [-0.25, -0.2) is 0 Å². The SMILES string of the molecule is NCc1nnc(-c2cccc(O)c2)s1. The van der Waals surface area contributed by atoms with E-state index in [2.05, 4.69) is 10.2 Å². The fraction of sp³-hybridized carbons (Fsp3) is 0.111. The molecule has 0 atom stereocenters. The molecular weight excluding hydrogens is 198 g/mol. The van der Waals surface area contributed by atoms with Crippen LogP contribution in [0.3, 0.4) is 0 Å². The Bertz CT molecular complexity index is 441. The van der Waals surface area contributed by atoms with Crippen molar-refractivity contribution in [2.45, 2.75) is 6.54 Å². The molecule has 0 radical (unpaired) electrons. The number of rotatable bonds is 2. The predicted octanol–water partition coefficient (Wildman–Crippen LogP) is 1.37. The Morgan fingerprint density at radius 2 is 2.21 bits per heavy atom. The van der Waals surface area contributed by atoms with Crippen molar-refractivity contribution in [3.05, 3.63) is 29.3 Å². The van der Waals surface area contributed by atoms with Crippen LogP contribution in [0, 0.1) is 0 Å². The van der Waals surface area contributed by atoms with Crippen LogP contribution in [0.4, 0.5) is 0 Å². The number of nitrogens with two attached hydrogens (primary N) is 1. The van der Waals surface area contributed by atoms with E-state index >= 15 is 0 Å². The molecule has 0 aliphatic rings. The van der Waals surface area contributed by atoms with E-state index in [0.717, 1.165) is 15.6 Å². The largest absolute Gasteiger partial charge is 0.508 e. The van der Waals surface area contributed by atoms with Gasteiger partial charge in [0.05, 0.1) is 0 Å². The number of hydrogen-bond acceptors (Lipinski definition) is 5. The van der Waals surface area contributed by atoms with E-state index in [4.69, 9.17) is 5.73 Å². The van der Waals surface area contributed by atoms with Gasteiger partial charge in [0, 0.05) is 12.1 Å². The van der Waals surface area contributed by atoms with Crippen LogP contribution in [-0.2, 0) is 6.54 Å². The average Bonchev–Trinajstić information content (AvgIpc) is 2.66. The molecule has 72 valence electrons. The van der Waals surface area contributed by atoms with Gasteiger partial charge in [-0.05, 0) is 12.1 Å². The predicted molar refractivity (Wildman–Crippen MR) is 54.9 cm³/mol. The van der Waals surface area contributed by atoms with E-state index in [1.54, 1.807) is 18.2 Å². The number of aromatic nitrogens is 2. The van der Waals surface area contributed by atoms with E-state index in [-0.39, 0.29) is 5.75 Å². The Hall–Kier alpha value is -1.46. The number of aromatic hydroxyl groups is 1. The first-order valence-corrected chi connectivity index (χ1v) is 4.93. The molecule has 0 spiro atoms. The summed E-state index contributed by atoms with van der Waals surface area (Å²) in [5.74, 6) is 0.229. The van der Waals surface area contributed by atoms with Crippen molar-refractivity contribution in [2.24, 2.45) is 5.73 Å². The summed E-state index contributed by atoms with van der Waals surface area (Å²) < 4.78 is 0. The second kappa shape index (κ2) is 3.73. The van der Waals surface area contributed by atoms with E-state index in [1.165, 1.54) is 11.3 Å². The monoisotopic (exact) mass is 207 g/mol. The smallest absolute Gasteiger partial charge is 0.147 e. The van der Waals surface area contributed by atoms with Crippen molar-refractivity contribution in [2.75, 3.05) is 0 Å². The van der Waals surface area contributed by atoms with Crippen molar-refractivity contribution >= 4 is 11.3 Å². The van der Waals surface area contributed by atoms with Gasteiger partial charge < -0.3 is 10.8 Å². The van der Waals surface area contributed by atoms with Gasteiger partial charge in [0.25, 0.3) is 0 Å². The molecule has 1 aromatic carbocycles. The molecule has 0 saturated carbocycles. The molecule has 2 aromatic rings. The molecule has 0 bridgehead atoms. The zero-order chi connectivity index (χ0) is 9.97. The molecule has 4 nitrogen and oxygen atoms in total. The highest BCUT2D eigenvalue weighted by Crippen LogP contribution is 2.25. The summed E-state index contributed by atoms with van der Waals surface area (Å²) >= 11 is 1.44. The molecule has 0 aliphatic carbocycles. The first-order valence-electron chi connectivity index (χ1n) is 4.11. The summed E-state index contributed by atoms with van der Waals surface area (Å²) in [7, 11) is 0. The van der Waals surface area contributed by atoms with E-state index in [9.17, 15) is 5.11 Å². The first kappa shape index (κ1) is 9.11. The van der Waals surface area contributed by atoms with Crippen LogP contribution in [0.25, 0.3) is 10.6 Å². The molecule has 2 rings (SSSR count). The second-order valence-corrected chi connectivity index (χ2v) is 3.82. The van der Waals surface area contributed by atoms with Crippen LogP contribution in [0.2, 0.25) is 0 Å². The van der Waals surface area contributed by atoms with Gasteiger partial charge in [0.1, 0.15) is 15.8 Å². The number of phenols is 1. The Balaban J connectivity index is 2.39. The average molecular weight is 207 g/mol. The van der Waals surface area contributed by atoms with Crippen LogP contribution in [0.15, 0.2) is 24.3 Å². The summed E-state index contributed by atoms with van der Waals surface area (Å²) in [6.45, 7) is 0.399. The summed E-state index contributed by atoms with van der Waals surface area (Å²) in [6, 6.07) is 6.92. The minimum Gasteiger partial charge on any atom is -0.508 e. The van der Waals surface area contributed by atoms with Crippen molar-refractivity contribution in [3.63, 3.8) is 0 Å². The Kier molecular flexibility index (Phi) is 2.43. The normalized spacial score (nSPS) is 10.4. The molecule has 0 amide bonds. The highest BCUT2D eigenvalue weighted by atomic mass is 32.1. The quantitative estimate of drug-likeness (QED) is 0.780. The molecule has 0 aliphatic heterocycles. The molecule has 1 aromatic heterocycles. The summed E-state index contributed by atoms with van der Waals surface area (Å²) in [5, 5.41) is 18.7. The number of benzene rings is 1. The third kappa shape index (κ3) is 1.73. The molecule has 14 heavy (non-hydrogen) atoms. The maximum atomic E-state index is 9.27. The van der Waals surface area contributed by atoms with Crippen molar-refractivity contribution in [1.29, 1.82) is 0 Å². The van der Waals surface area contributed by atoms with Gasteiger partial charge >= 0.3 is 0 Å². The van der Waals surface area contributed by atoms with Crippen LogP contribution < -0.4 is 5.73 Å². The van der Waals surface area contributed by atoms with E-state index < -0.39 is 0 Å². The lowest BCUT2D eigenvalue weighted by molar-refractivity contribution is 0.475. The lowest BCUT2D eigenvalue weighted by Crippen LogP contribution is -1.94. The van der Waals surface area contributed by atoms with Crippen LogP contribution in [0.1, 0.15) is 5.01 Å². The van der Waals surface area contributed by atoms with Gasteiger partial charge in [0.15, 0.2) is 0 Å². The maximum Gasteiger partial charge on any atom is 0.147 e. The summed E-state index contributed by atoms with van der Waals surface area (Å²) in [4.78, 5) is 0. The topological polar surface area (TPSA) is 72.0 Å². The zero-order valence-electron chi connectivity index (χ0n) is 7.34. The first-order chi connectivity index (χ1) is 6.79. The lowest BCUT2D eigenvalue weighted by atomic mass is 10.2. The number of hydrogen-bond donors (Lipinski definition) is 2. The van der Waals surface area contributed by atoms with Gasteiger partial charge in [-0.3, -0.25) is 0 Å². The minimum atomic E-state index is 0.229. The standard InChI is InChI=1S/C9H9N3OS/c10-5-8-11-12-9(14-8)6-2-1-3-7(13)4-6/h1-4,13H,5,10H2. The van der Waals surface area contributed by atoms with E-state index in [1.807, 2.05) is 6.07 Å². The Morgan fingerprint density at radius 1 is 1.36 bits per heavy atom. The third-order valence-corrected chi connectivity index (χ3v) is 2.73. The highest BCUT2D eigenvalue weighted by molar-refractivity contribution is 7.14. The van der Waals surface area contributed by atoms with Gasteiger partial charge in [-0.15, -0.1) is 10.2 Å². The molecule has 0 fully saturated rings. The van der Waals surface area contributed by atoms with Crippen molar-refractivity contribution in [3.8, 4) is 16.3 Å². The summed E-state index contributed by atoms with van der Waals surface area (Å²) in [6.07, 6.45) is 0. The van der Waals surface area contributed by atoms with Gasteiger partial charge in [-0.2, -0.15) is 0 Å². The molecule has 3 N–H and O–H groups in total. The molecular formula is C9H9N3OS. The molecule has 0 unspecified atom stereocenters. The number of nitrogens with zero attached hydrogens (tertiary/aromatic N) is 2. The second-order valence-electron chi connectivity index (χ2n) is 2.76.